The van der Waals surface area contributed by atoms with Gasteiger partial charge in [-0.15, -0.1) is 5.10 Å². The van der Waals surface area contributed by atoms with Crippen LogP contribution in [0.5, 0.6) is 11.5 Å². The van der Waals surface area contributed by atoms with Gasteiger partial charge in [0.2, 0.25) is 0 Å². The summed E-state index contributed by atoms with van der Waals surface area (Å²) in [5.74, 6) is -0.818. The van der Waals surface area contributed by atoms with Gasteiger partial charge in [-0.1, -0.05) is 17.3 Å². The van der Waals surface area contributed by atoms with Gasteiger partial charge in [0, 0.05) is 5.56 Å². The molecular weight excluding hydrogens is 353 g/mol. The Morgan fingerprint density at radius 2 is 2.04 bits per heavy atom. The zero-order valence-corrected chi connectivity index (χ0v) is 15.1. The quantitative estimate of drug-likeness (QED) is 0.694. The number of carbonyl (C=O) groups is 1. The van der Waals surface area contributed by atoms with Crippen LogP contribution in [0.25, 0.3) is 5.69 Å². The number of phenols is 1. The molecular formula is C19H18FN3O4. The van der Waals surface area contributed by atoms with E-state index in [1.54, 1.807) is 44.3 Å². The van der Waals surface area contributed by atoms with Gasteiger partial charge in [-0.25, -0.2) is 13.9 Å². The van der Waals surface area contributed by atoms with E-state index in [4.69, 9.17) is 4.74 Å². The number of esters is 1. The van der Waals surface area contributed by atoms with E-state index in [1.165, 1.54) is 17.9 Å². The van der Waals surface area contributed by atoms with E-state index in [2.05, 4.69) is 15.0 Å². The van der Waals surface area contributed by atoms with Crippen LogP contribution in [0.1, 0.15) is 27.2 Å². The Hall–Kier alpha value is -3.42. The molecule has 1 N–H and O–H groups in total. The van der Waals surface area contributed by atoms with Gasteiger partial charge < -0.3 is 14.6 Å². The summed E-state index contributed by atoms with van der Waals surface area (Å²) in [7, 11) is 1.25. The van der Waals surface area contributed by atoms with Crippen LogP contribution < -0.4 is 4.74 Å². The highest BCUT2D eigenvalue weighted by atomic mass is 19.1. The summed E-state index contributed by atoms with van der Waals surface area (Å²) in [5, 5.41) is 18.2. The predicted molar refractivity (Wildman–Crippen MR) is 94.6 cm³/mol. The van der Waals surface area contributed by atoms with Crippen LogP contribution in [0.15, 0.2) is 36.5 Å². The molecule has 0 aliphatic carbocycles. The van der Waals surface area contributed by atoms with Crippen molar-refractivity contribution < 1.29 is 23.8 Å². The van der Waals surface area contributed by atoms with Crippen molar-refractivity contribution in [3.63, 3.8) is 0 Å². The second-order valence-corrected chi connectivity index (χ2v) is 5.93. The Morgan fingerprint density at radius 1 is 1.30 bits per heavy atom. The Balaban J connectivity index is 1.80. The zero-order chi connectivity index (χ0) is 19.6. The molecule has 3 aromatic rings. The van der Waals surface area contributed by atoms with Crippen LogP contribution in [0.4, 0.5) is 4.39 Å². The first-order valence-electron chi connectivity index (χ1n) is 8.12. The van der Waals surface area contributed by atoms with Crippen molar-refractivity contribution in [1.82, 2.24) is 15.0 Å². The number of carbonyl (C=O) groups excluding carboxylic acids is 1. The first-order valence-corrected chi connectivity index (χ1v) is 8.12. The number of benzene rings is 2. The number of aryl methyl sites for hydroxylation is 1. The summed E-state index contributed by atoms with van der Waals surface area (Å²) < 4.78 is 25.5. The van der Waals surface area contributed by atoms with Gasteiger partial charge in [-0.3, -0.25) is 0 Å². The van der Waals surface area contributed by atoms with Crippen LogP contribution >= 0.6 is 0 Å². The van der Waals surface area contributed by atoms with Crippen LogP contribution in [-0.2, 0) is 11.3 Å². The fourth-order valence-corrected chi connectivity index (χ4v) is 2.65. The standard InChI is InChI=1S/C19H18FN3O4/c1-11-8-16(12(2)18(24)17(11)19(25)26-3)27-10-13-9-23(22-21-13)15-7-5-4-6-14(15)20/h4-9,24H,10H2,1-3H3. The topological polar surface area (TPSA) is 86.5 Å². The summed E-state index contributed by atoms with van der Waals surface area (Å²) in [6.45, 7) is 3.37. The molecule has 0 saturated carbocycles. The molecule has 0 unspecified atom stereocenters. The predicted octanol–water partition coefficient (Wildman–Crippen LogP) is 3.09. The maximum atomic E-state index is 13.8. The zero-order valence-electron chi connectivity index (χ0n) is 15.1. The molecule has 7 nitrogen and oxygen atoms in total. The lowest BCUT2D eigenvalue weighted by molar-refractivity contribution is 0.0596. The lowest BCUT2D eigenvalue weighted by Crippen LogP contribution is -2.07. The monoisotopic (exact) mass is 371 g/mol. The molecule has 0 aliphatic heterocycles. The van der Waals surface area contributed by atoms with Crippen molar-refractivity contribution in [2.24, 2.45) is 0 Å². The maximum Gasteiger partial charge on any atom is 0.341 e. The normalized spacial score (nSPS) is 10.7. The van der Waals surface area contributed by atoms with Crippen molar-refractivity contribution in [2.75, 3.05) is 7.11 Å². The molecule has 0 atom stereocenters. The third-order valence-electron chi connectivity index (χ3n) is 4.11. The van der Waals surface area contributed by atoms with E-state index in [0.717, 1.165) is 0 Å². The van der Waals surface area contributed by atoms with Gasteiger partial charge >= 0.3 is 5.97 Å². The van der Waals surface area contributed by atoms with Crippen LogP contribution in [-0.4, -0.2) is 33.2 Å². The molecule has 3 rings (SSSR count). The molecule has 0 aliphatic rings. The average Bonchev–Trinajstić information content (AvgIpc) is 3.12. The number of hydrogen-bond donors (Lipinski definition) is 1. The SMILES string of the molecule is COC(=O)c1c(C)cc(OCc2cn(-c3ccccc3F)nn2)c(C)c1O. The van der Waals surface area contributed by atoms with Crippen molar-refractivity contribution in [3.8, 4) is 17.2 Å². The number of hydrogen-bond acceptors (Lipinski definition) is 6. The second kappa shape index (κ2) is 7.45. The van der Waals surface area contributed by atoms with Crippen molar-refractivity contribution >= 4 is 5.97 Å². The third-order valence-corrected chi connectivity index (χ3v) is 4.11. The molecule has 0 amide bonds. The summed E-state index contributed by atoms with van der Waals surface area (Å²) in [6, 6.07) is 7.86. The highest BCUT2D eigenvalue weighted by Crippen LogP contribution is 2.34. The first kappa shape index (κ1) is 18.4. The second-order valence-electron chi connectivity index (χ2n) is 5.93. The number of para-hydroxylation sites is 1. The van der Waals surface area contributed by atoms with Gasteiger partial charge in [0.1, 0.15) is 40.9 Å². The van der Waals surface area contributed by atoms with Gasteiger partial charge in [-0.2, -0.15) is 0 Å². The molecule has 1 aromatic heterocycles. The molecule has 1 heterocycles. The average molecular weight is 371 g/mol. The summed E-state index contributed by atoms with van der Waals surface area (Å²) in [5.41, 5.74) is 1.79. The Labute approximate surface area is 155 Å². The van der Waals surface area contributed by atoms with E-state index in [9.17, 15) is 14.3 Å². The Morgan fingerprint density at radius 3 is 2.74 bits per heavy atom. The minimum absolute atomic E-state index is 0.0613. The minimum atomic E-state index is -0.618. The molecule has 0 spiro atoms. The lowest BCUT2D eigenvalue weighted by Gasteiger charge is -2.14. The molecule has 8 heteroatoms. The van der Waals surface area contributed by atoms with Crippen molar-refractivity contribution in [1.29, 1.82) is 0 Å². The summed E-state index contributed by atoms with van der Waals surface area (Å²) >= 11 is 0. The minimum Gasteiger partial charge on any atom is -0.507 e. The fraction of sp³-hybridized carbons (Fsp3) is 0.211. The van der Waals surface area contributed by atoms with Gasteiger partial charge in [0.25, 0.3) is 0 Å². The highest BCUT2D eigenvalue weighted by molar-refractivity contribution is 5.95. The number of phenolic OH excluding ortho intramolecular Hbond substituents is 1. The number of rotatable bonds is 5. The highest BCUT2D eigenvalue weighted by Gasteiger charge is 2.20. The van der Waals surface area contributed by atoms with Crippen LogP contribution in [0.3, 0.4) is 0 Å². The number of methoxy groups -OCH3 is 1. The van der Waals surface area contributed by atoms with E-state index in [-0.39, 0.29) is 23.6 Å². The Kier molecular flexibility index (Phi) is 5.07. The molecule has 0 saturated heterocycles. The van der Waals surface area contributed by atoms with Crippen LogP contribution in [0, 0.1) is 19.7 Å². The van der Waals surface area contributed by atoms with E-state index in [1.807, 2.05) is 0 Å². The third kappa shape index (κ3) is 3.59. The van der Waals surface area contributed by atoms with Gasteiger partial charge in [-0.05, 0) is 37.6 Å². The first-order chi connectivity index (χ1) is 12.9. The number of ether oxygens (including phenoxy) is 2. The van der Waals surface area contributed by atoms with Crippen LogP contribution in [0.2, 0.25) is 0 Å². The van der Waals surface area contributed by atoms with Crippen molar-refractivity contribution in [2.45, 2.75) is 20.5 Å². The molecule has 140 valence electrons. The maximum absolute atomic E-state index is 13.8. The van der Waals surface area contributed by atoms with E-state index >= 15 is 0 Å². The Bertz CT molecular complexity index is 1000. The van der Waals surface area contributed by atoms with E-state index < -0.39 is 11.8 Å². The van der Waals surface area contributed by atoms with Crippen molar-refractivity contribution in [3.05, 3.63) is 64.7 Å². The number of nitrogens with zero attached hydrogens (tertiary/aromatic N) is 3. The number of aromatic nitrogens is 3. The van der Waals surface area contributed by atoms with E-state index in [0.29, 0.717) is 22.6 Å². The smallest absolute Gasteiger partial charge is 0.341 e. The number of halogens is 1. The largest absolute Gasteiger partial charge is 0.507 e. The molecule has 27 heavy (non-hydrogen) atoms. The fourth-order valence-electron chi connectivity index (χ4n) is 2.65. The van der Waals surface area contributed by atoms with Gasteiger partial charge in [0.05, 0.1) is 13.3 Å². The lowest BCUT2D eigenvalue weighted by atomic mass is 10.0. The molecule has 0 radical (unpaired) electrons. The molecule has 0 bridgehead atoms. The van der Waals surface area contributed by atoms with Gasteiger partial charge in [0.15, 0.2) is 0 Å². The summed E-state index contributed by atoms with van der Waals surface area (Å²) in [4.78, 5) is 11.8. The molecule has 2 aromatic carbocycles. The molecule has 0 fully saturated rings. The summed E-state index contributed by atoms with van der Waals surface area (Å²) in [6.07, 6.45) is 1.56. The number of aromatic hydroxyl groups is 1.